The summed E-state index contributed by atoms with van der Waals surface area (Å²) in [6, 6.07) is 3.59. The summed E-state index contributed by atoms with van der Waals surface area (Å²) in [5.41, 5.74) is 5.72. The van der Waals surface area contributed by atoms with Crippen LogP contribution in [0.1, 0.15) is 16.9 Å². The number of fused-ring (bicyclic) bond motifs is 1. The first kappa shape index (κ1) is 8.04. The van der Waals surface area contributed by atoms with E-state index < -0.39 is 5.91 Å². The average Bonchev–Trinajstić information content (AvgIpc) is 2.56. The monoisotopic (exact) mass is 178 g/mol. The van der Waals surface area contributed by atoms with E-state index in [4.69, 9.17) is 5.73 Å². The SMILES string of the molecule is NC(=O)C[C@@H]1Cn2cccc2C1=O. The van der Waals surface area contributed by atoms with Crippen molar-refractivity contribution in [3.63, 3.8) is 0 Å². The van der Waals surface area contributed by atoms with Crippen LogP contribution in [0, 0.1) is 5.92 Å². The highest BCUT2D eigenvalue weighted by Crippen LogP contribution is 2.22. The van der Waals surface area contributed by atoms with Gasteiger partial charge in [0, 0.05) is 19.2 Å². The molecule has 1 aliphatic heterocycles. The fraction of sp³-hybridized carbons (Fsp3) is 0.333. The molecule has 4 heteroatoms. The lowest BCUT2D eigenvalue weighted by atomic mass is 10.0. The molecule has 0 aromatic carbocycles. The van der Waals surface area contributed by atoms with Gasteiger partial charge in [0.25, 0.3) is 0 Å². The Kier molecular flexibility index (Phi) is 1.69. The zero-order chi connectivity index (χ0) is 9.42. The molecule has 0 bridgehead atoms. The number of carbonyl (C=O) groups is 2. The Hall–Kier alpha value is -1.58. The number of amides is 1. The van der Waals surface area contributed by atoms with Crippen molar-refractivity contribution in [2.75, 3.05) is 0 Å². The van der Waals surface area contributed by atoms with Gasteiger partial charge in [-0.1, -0.05) is 0 Å². The van der Waals surface area contributed by atoms with Gasteiger partial charge in [0.15, 0.2) is 5.78 Å². The second kappa shape index (κ2) is 2.73. The lowest BCUT2D eigenvalue weighted by Gasteiger charge is -2.02. The van der Waals surface area contributed by atoms with Crippen molar-refractivity contribution in [2.24, 2.45) is 11.7 Å². The highest BCUT2D eigenvalue weighted by Gasteiger charge is 2.30. The Labute approximate surface area is 75.3 Å². The quantitative estimate of drug-likeness (QED) is 0.701. The minimum Gasteiger partial charge on any atom is -0.370 e. The van der Waals surface area contributed by atoms with E-state index in [1.807, 2.05) is 16.8 Å². The van der Waals surface area contributed by atoms with Crippen LogP contribution >= 0.6 is 0 Å². The van der Waals surface area contributed by atoms with Crippen LogP contribution < -0.4 is 5.73 Å². The zero-order valence-electron chi connectivity index (χ0n) is 7.06. The molecule has 0 saturated heterocycles. The van der Waals surface area contributed by atoms with Gasteiger partial charge in [-0.15, -0.1) is 0 Å². The molecule has 0 unspecified atom stereocenters. The van der Waals surface area contributed by atoms with Gasteiger partial charge in [-0.3, -0.25) is 9.59 Å². The lowest BCUT2D eigenvalue weighted by molar-refractivity contribution is -0.118. The summed E-state index contributed by atoms with van der Waals surface area (Å²) in [6.07, 6.45) is 1.99. The van der Waals surface area contributed by atoms with Gasteiger partial charge < -0.3 is 10.3 Å². The minimum absolute atomic E-state index is 0.0313. The van der Waals surface area contributed by atoms with E-state index in [1.54, 1.807) is 6.07 Å². The van der Waals surface area contributed by atoms with E-state index >= 15 is 0 Å². The summed E-state index contributed by atoms with van der Waals surface area (Å²) in [5.74, 6) is -0.624. The summed E-state index contributed by atoms with van der Waals surface area (Å²) in [4.78, 5) is 22.2. The van der Waals surface area contributed by atoms with Crippen LogP contribution in [0.2, 0.25) is 0 Å². The maximum Gasteiger partial charge on any atom is 0.218 e. The highest BCUT2D eigenvalue weighted by atomic mass is 16.1. The molecule has 13 heavy (non-hydrogen) atoms. The third kappa shape index (κ3) is 1.24. The van der Waals surface area contributed by atoms with Crippen molar-refractivity contribution in [1.82, 2.24) is 4.57 Å². The summed E-state index contributed by atoms with van der Waals surface area (Å²) >= 11 is 0. The molecular weight excluding hydrogens is 168 g/mol. The van der Waals surface area contributed by atoms with E-state index in [1.165, 1.54) is 0 Å². The van der Waals surface area contributed by atoms with Gasteiger partial charge in [0.1, 0.15) is 0 Å². The number of primary amides is 1. The second-order valence-corrected chi connectivity index (χ2v) is 3.28. The van der Waals surface area contributed by atoms with Crippen molar-refractivity contribution in [2.45, 2.75) is 13.0 Å². The predicted octanol–water partition coefficient (Wildman–Crippen LogP) is 0.176. The Balaban J connectivity index is 2.19. The first-order valence-electron chi connectivity index (χ1n) is 4.16. The number of rotatable bonds is 2. The number of ketones is 1. The lowest BCUT2D eigenvalue weighted by Crippen LogP contribution is -2.20. The van der Waals surface area contributed by atoms with E-state index in [9.17, 15) is 9.59 Å². The smallest absolute Gasteiger partial charge is 0.218 e. The summed E-state index contributed by atoms with van der Waals surface area (Å²) in [5, 5.41) is 0. The van der Waals surface area contributed by atoms with Crippen LogP contribution in [0.25, 0.3) is 0 Å². The molecule has 68 valence electrons. The largest absolute Gasteiger partial charge is 0.370 e. The van der Waals surface area contributed by atoms with Gasteiger partial charge in [0.2, 0.25) is 5.91 Å². The van der Waals surface area contributed by atoms with Crippen molar-refractivity contribution in [3.8, 4) is 0 Å². The number of carbonyl (C=O) groups excluding carboxylic acids is 2. The van der Waals surface area contributed by atoms with Crippen molar-refractivity contribution < 1.29 is 9.59 Å². The molecule has 2 heterocycles. The van der Waals surface area contributed by atoms with Crippen LogP contribution in [0.5, 0.6) is 0 Å². The maximum absolute atomic E-state index is 11.6. The fourth-order valence-corrected chi connectivity index (χ4v) is 1.73. The maximum atomic E-state index is 11.6. The molecule has 1 aromatic heterocycles. The molecule has 0 aliphatic carbocycles. The van der Waals surface area contributed by atoms with Crippen LogP contribution in [0.4, 0.5) is 0 Å². The molecule has 2 rings (SSSR count). The van der Waals surface area contributed by atoms with Gasteiger partial charge in [-0.05, 0) is 12.1 Å². The second-order valence-electron chi connectivity index (χ2n) is 3.28. The van der Waals surface area contributed by atoms with Gasteiger partial charge in [-0.25, -0.2) is 0 Å². The van der Waals surface area contributed by atoms with Gasteiger partial charge in [0.05, 0.1) is 11.6 Å². The summed E-state index contributed by atoms with van der Waals surface area (Å²) in [7, 11) is 0. The zero-order valence-corrected chi connectivity index (χ0v) is 7.06. The topological polar surface area (TPSA) is 65.1 Å². The molecule has 0 spiro atoms. The molecule has 0 radical (unpaired) electrons. The molecule has 1 amide bonds. The van der Waals surface area contributed by atoms with Crippen molar-refractivity contribution >= 4 is 11.7 Å². The predicted molar refractivity (Wildman–Crippen MR) is 46.1 cm³/mol. The van der Waals surface area contributed by atoms with Crippen LogP contribution in [0.15, 0.2) is 18.3 Å². The molecule has 1 aromatic rings. The van der Waals surface area contributed by atoms with Gasteiger partial charge >= 0.3 is 0 Å². The van der Waals surface area contributed by atoms with Gasteiger partial charge in [-0.2, -0.15) is 0 Å². The third-order valence-electron chi connectivity index (χ3n) is 2.32. The van der Waals surface area contributed by atoms with E-state index in [0.29, 0.717) is 12.2 Å². The van der Waals surface area contributed by atoms with E-state index in [-0.39, 0.29) is 18.1 Å². The molecule has 2 N–H and O–H groups in total. The van der Waals surface area contributed by atoms with Crippen LogP contribution in [-0.2, 0) is 11.3 Å². The number of hydrogen-bond donors (Lipinski definition) is 1. The first-order chi connectivity index (χ1) is 6.18. The Morgan fingerprint density at radius 1 is 1.69 bits per heavy atom. The fourth-order valence-electron chi connectivity index (χ4n) is 1.73. The number of aromatic nitrogens is 1. The summed E-state index contributed by atoms with van der Waals surface area (Å²) in [6.45, 7) is 0.587. The number of nitrogens with zero attached hydrogens (tertiary/aromatic N) is 1. The van der Waals surface area contributed by atoms with Crippen molar-refractivity contribution in [3.05, 3.63) is 24.0 Å². The number of nitrogens with two attached hydrogens (primary N) is 1. The molecule has 0 saturated carbocycles. The Morgan fingerprint density at radius 2 is 2.46 bits per heavy atom. The Bertz CT molecular complexity index is 367. The molecule has 0 fully saturated rings. The van der Waals surface area contributed by atoms with Crippen molar-refractivity contribution in [1.29, 1.82) is 0 Å². The standard InChI is InChI=1S/C9H10N2O2/c10-8(12)4-6-5-11-3-1-2-7(11)9(6)13/h1-3,6H,4-5H2,(H2,10,12)/t6-/m1/s1. The molecule has 4 nitrogen and oxygen atoms in total. The average molecular weight is 178 g/mol. The number of hydrogen-bond acceptors (Lipinski definition) is 2. The van der Waals surface area contributed by atoms with Crippen LogP contribution in [0.3, 0.4) is 0 Å². The first-order valence-corrected chi connectivity index (χ1v) is 4.16. The third-order valence-corrected chi connectivity index (χ3v) is 2.32. The summed E-state index contributed by atoms with van der Waals surface area (Å²) < 4.78 is 1.86. The molecule has 1 aliphatic rings. The van der Waals surface area contributed by atoms with E-state index in [2.05, 4.69) is 0 Å². The number of Topliss-reactive ketones (excluding diaryl/α,β-unsaturated/α-hetero) is 1. The molecular formula is C9H10N2O2. The Morgan fingerprint density at radius 3 is 3.08 bits per heavy atom. The normalized spacial score (nSPS) is 20.3. The minimum atomic E-state index is -0.413. The molecule has 1 atom stereocenters. The van der Waals surface area contributed by atoms with E-state index in [0.717, 1.165) is 0 Å². The van der Waals surface area contributed by atoms with Crippen LogP contribution in [-0.4, -0.2) is 16.3 Å². The highest BCUT2D eigenvalue weighted by molar-refractivity contribution is 6.00.